The van der Waals surface area contributed by atoms with Crippen LogP contribution in [0.25, 0.3) is 11.2 Å². The Labute approximate surface area is 140 Å². The number of imidazole rings is 1. The zero-order chi connectivity index (χ0) is 16.8. The molecule has 8 heteroatoms. The lowest BCUT2D eigenvalue weighted by atomic mass is 10.0. The maximum atomic E-state index is 10.4. The van der Waals surface area contributed by atoms with E-state index in [1.54, 1.807) is 10.9 Å². The monoisotopic (exact) mass is 333 g/mol. The summed E-state index contributed by atoms with van der Waals surface area (Å²) >= 11 is 0. The van der Waals surface area contributed by atoms with Gasteiger partial charge in [-0.25, -0.2) is 4.98 Å². The molecule has 0 spiro atoms. The first kappa shape index (κ1) is 15.6. The summed E-state index contributed by atoms with van der Waals surface area (Å²) in [6.07, 6.45) is 4.88. The fourth-order valence-electron chi connectivity index (χ4n) is 3.50. The molecule has 0 aromatic carbocycles. The maximum absolute atomic E-state index is 10.4. The van der Waals surface area contributed by atoms with Crippen LogP contribution in [0, 0.1) is 5.92 Å². The van der Waals surface area contributed by atoms with Crippen LogP contribution in [0.4, 0.5) is 5.82 Å². The highest BCUT2D eigenvalue weighted by Crippen LogP contribution is 2.35. The summed E-state index contributed by atoms with van der Waals surface area (Å²) in [5, 5.41) is 10.4. The molecule has 1 saturated carbocycles. The van der Waals surface area contributed by atoms with E-state index in [1.165, 1.54) is 0 Å². The molecule has 2 aliphatic rings. The molecule has 1 aliphatic heterocycles. The third-order valence-electron chi connectivity index (χ3n) is 5.20. The third-order valence-corrected chi connectivity index (χ3v) is 5.20. The molecule has 2 fully saturated rings. The number of rotatable bonds is 3. The van der Waals surface area contributed by atoms with Crippen LogP contribution in [0.5, 0.6) is 6.01 Å². The van der Waals surface area contributed by atoms with Crippen molar-refractivity contribution >= 4 is 17.0 Å². The Morgan fingerprint density at radius 2 is 2.04 bits per heavy atom. The van der Waals surface area contributed by atoms with Crippen molar-refractivity contribution in [3.63, 3.8) is 0 Å². The molecular formula is C16H23N5O3. The summed E-state index contributed by atoms with van der Waals surface area (Å²) in [7, 11) is 0. The number of nitrogen functional groups attached to an aromatic ring is 1. The minimum Gasteiger partial charge on any atom is -0.460 e. The number of anilines is 1. The summed E-state index contributed by atoms with van der Waals surface area (Å²) in [6.45, 7) is 3.91. The molecular weight excluding hydrogens is 310 g/mol. The van der Waals surface area contributed by atoms with Crippen molar-refractivity contribution in [3.8, 4) is 6.01 Å². The Bertz CT molecular complexity index is 743. The lowest BCUT2D eigenvalue weighted by Crippen LogP contribution is -2.23. The van der Waals surface area contributed by atoms with Crippen LogP contribution >= 0.6 is 0 Å². The molecule has 0 radical (unpaired) electrons. The highest BCUT2D eigenvalue weighted by molar-refractivity contribution is 5.82. The topological polar surface area (TPSA) is 108 Å². The van der Waals surface area contributed by atoms with E-state index < -0.39 is 12.3 Å². The van der Waals surface area contributed by atoms with Crippen LogP contribution in [-0.2, 0) is 4.74 Å². The molecule has 1 aliphatic carbocycles. The number of nitrogens with zero attached hydrogens (tertiary/aromatic N) is 4. The van der Waals surface area contributed by atoms with Gasteiger partial charge >= 0.3 is 6.01 Å². The SMILES string of the molecule is C[C@@H]1[C@@H](O)[C@H](n2cnc3c(N)nc(OC4CCCC4)nc32)O[C@@H]1C. The standard InChI is InChI=1S/C16H23N5O3/c1-8-9(2)23-15(12(8)22)21-7-18-11-13(17)19-16(20-14(11)21)24-10-5-3-4-6-10/h7-10,12,15,22H,3-6H2,1-2H3,(H2,17,19,20)/t8-,9+,12+,15+/m0/s1. The van der Waals surface area contributed by atoms with Crippen LogP contribution in [0.1, 0.15) is 45.8 Å². The van der Waals surface area contributed by atoms with Crippen LogP contribution in [-0.4, -0.2) is 42.9 Å². The van der Waals surface area contributed by atoms with Crippen LogP contribution < -0.4 is 10.5 Å². The summed E-state index contributed by atoms with van der Waals surface area (Å²) in [6, 6.07) is 0.266. The van der Waals surface area contributed by atoms with E-state index in [0.717, 1.165) is 25.7 Å². The van der Waals surface area contributed by atoms with Crippen molar-refractivity contribution in [3.05, 3.63) is 6.33 Å². The second-order valence-electron chi connectivity index (χ2n) is 6.82. The van der Waals surface area contributed by atoms with Crippen molar-refractivity contribution in [2.24, 2.45) is 5.92 Å². The van der Waals surface area contributed by atoms with Gasteiger partial charge in [0.2, 0.25) is 0 Å². The predicted octanol–water partition coefficient (Wildman–Crippen LogP) is 1.64. The van der Waals surface area contributed by atoms with Gasteiger partial charge in [-0.15, -0.1) is 0 Å². The normalized spacial score (nSPS) is 31.1. The van der Waals surface area contributed by atoms with Gasteiger partial charge in [-0.1, -0.05) is 6.92 Å². The Morgan fingerprint density at radius 3 is 2.71 bits per heavy atom. The van der Waals surface area contributed by atoms with Gasteiger partial charge in [0.1, 0.15) is 12.2 Å². The van der Waals surface area contributed by atoms with Crippen molar-refractivity contribution < 1.29 is 14.6 Å². The predicted molar refractivity (Wildman–Crippen MR) is 87.4 cm³/mol. The minimum atomic E-state index is -0.632. The van der Waals surface area contributed by atoms with Gasteiger partial charge in [-0.05, 0) is 32.6 Å². The molecule has 24 heavy (non-hydrogen) atoms. The smallest absolute Gasteiger partial charge is 0.320 e. The van der Waals surface area contributed by atoms with Crippen molar-refractivity contribution in [1.29, 1.82) is 0 Å². The van der Waals surface area contributed by atoms with Gasteiger partial charge in [0.25, 0.3) is 0 Å². The number of aliphatic hydroxyl groups is 1. The maximum Gasteiger partial charge on any atom is 0.320 e. The van der Waals surface area contributed by atoms with Crippen LogP contribution in [0.15, 0.2) is 6.33 Å². The number of ether oxygens (including phenoxy) is 2. The fraction of sp³-hybridized carbons (Fsp3) is 0.688. The molecule has 3 N–H and O–H groups in total. The summed E-state index contributed by atoms with van der Waals surface area (Å²) in [5.74, 6) is 0.307. The number of hydrogen-bond acceptors (Lipinski definition) is 7. The number of aromatic nitrogens is 4. The number of nitrogens with two attached hydrogens (primary N) is 1. The molecule has 1 saturated heterocycles. The van der Waals surface area contributed by atoms with Crippen molar-refractivity contribution in [2.75, 3.05) is 5.73 Å². The molecule has 2 aromatic rings. The third kappa shape index (κ3) is 2.50. The second-order valence-corrected chi connectivity index (χ2v) is 6.82. The summed E-state index contributed by atoms with van der Waals surface area (Å²) < 4.78 is 13.5. The summed E-state index contributed by atoms with van der Waals surface area (Å²) in [4.78, 5) is 13.0. The quantitative estimate of drug-likeness (QED) is 0.879. The Hall–Kier alpha value is -1.93. The van der Waals surface area contributed by atoms with Gasteiger partial charge in [0, 0.05) is 5.92 Å². The molecule has 130 valence electrons. The van der Waals surface area contributed by atoms with E-state index in [4.69, 9.17) is 15.2 Å². The first-order valence-electron chi connectivity index (χ1n) is 8.55. The zero-order valence-electron chi connectivity index (χ0n) is 13.9. The average Bonchev–Trinajstić information content (AvgIpc) is 3.25. The van der Waals surface area contributed by atoms with E-state index in [9.17, 15) is 5.11 Å². The summed E-state index contributed by atoms with van der Waals surface area (Å²) in [5.41, 5.74) is 7.05. The lowest BCUT2D eigenvalue weighted by molar-refractivity contribution is -0.0298. The Balaban J connectivity index is 1.70. The second kappa shape index (κ2) is 5.86. The van der Waals surface area contributed by atoms with Gasteiger partial charge in [0.05, 0.1) is 12.4 Å². The van der Waals surface area contributed by atoms with Crippen molar-refractivity contribution in [1.82, 2.24) is 19.5 Å². The highest BCUT2D eigenvalue weighted by atomic mass is 16.5. The van der Waals surface area contributed by atoms with E-state index in [-0.39, 0.29) is 30.0 Å². The zero-order valence-corrected chi connectivity index (χ0v) is 13.9. The number of aliphatic hydroxyl groups excluding tert-OH is 1. The van der Waals surface area contributed by atoms with Gasteiger partial charge < -0.3 is 20.3 Å². The van der Waals surface area contributed by atoms with E-state index in [1.807, 2.05) is 13.8 Å². The van der Waals surface area contributed by atoms with E-state index in [2.05, 4.69) is 15.0 Å². The first-order chi connectivity index (χ1) is 11.5. The van der Waals surface area contributed by atoms with Gasteiger partial charge in [-0.3, -0.25) is 4.57 Å². The van der Waals surface area contributed by atoms with E-state index >= 15 is 0 Å². The molecule has 0 bridgehead atoms. The Morgan fingerprint density at radius 1 is 1.29 bits per heavy atom. The van der Waals surface area contributed by atoms with E-state index in [0.29, 0.717) is 11.2 Å². The fourth-order valence-corrected chi connectivity index (χ4v) is 3.50. The molecule has 3 heterocycles. The first-order valence-corrected chi connectivity index (χ1v) is 8.55. The van der Waals surface area contributed by atoms with Crippen LogP contribution in [0.2, 0.25) is 0 Å². The van der Waals surface area contributed by atoms with Crippen LogP contribution in [0.3, 0.4) is 0 Å². The van der Waals surface area contributed by atoms with Crippen molar-refractivity contribution in [2.45, 2.75) is 64.1 Å². The average molecular weight is 333 g/mol. The molecule has 4 atom stereocenters. The lowest BCUT2D eigenvalue weighted by Gasteiger charge is -2.17. The largest absolute Gasteiger partial charge is 0.460 e. The van der Waals surface area contributed by atoms with Gasteiger partial charge in [0.15, 0.2) is 23.2 Å². The molecule has 4 rings (SSSR count). The highest BCUT2D eigenvalue weighted by Gasteiger charge is 2.40. The molecule has 2 aromatic heterocycles. The number of fused-ring (bicyclic) bond motifs is 1. The minimum absolute atomic E-state index is 0.0286. The Kier molecular flexibility index (Phi) is 3.80. The molecule has 0 amide bonds. The van der Waals surface area contributed by atoms with Gasteiger partial charge in [-0.2, -0.15) is 9.97 Å². The molecule has 8 nitrogen and oxygen atoms in total. The molecule has 0 unspecified atom stereocenters. The number of hydrogen-bond donors (Lipinski definition) is 2.